The number of rotatable bonds is 5. The van der Waals surface area contributed by atoms with Crippen molar-refractivity contribution in [3.8, 4) is 0 Å². The summed E-state index contributed by atoms with van der Waals surface area (Å²) in [5.41, 5.74) is 1.97. The molecule has 2 rings (SSSR count). The van der Waals surface area contributed by atoms with Crippen LogP contribution in [0.1, 0.15) is 39.8 Å². The van der Waals surface area contributed by atoms with Gasteiger partial charge in [0, 0.05) is 5.56 Å². The Labute approximate surface area is 134 Å². The first-order chi connectivity index (χ1) is 10.9. The van der Waals surface area contributed by atoms with Crippen LogP contribution in [0.5, 0.6) is 0 Å². The van der Waals surface area contributed by atoms with Crippen LogP contribution in [-0.4, -0.2) is 21.7 Å². The van der Waals surface area contributed by atoms with Crippen LogP contribution in [0.25, 0.3) is 0 Å². The highest BCUT2D eigenvalue weighted by Gasteiger charge is 2.30. The summed E-state index contributed by atoms with van der Waals surface area (Å²) in [7, 11) is 0. The van der Waals surface area contributed by atoms with Gasteiger partial charge in [0.2, 0.25) is 0 Å². The van der Waals surface area contributed by atoms with Crippen LogP contribution in [0.2, 0.25) is 0 Å². The highest BCUT2D eigenvalue weighted by molar-refractivity contribution is 7.07. The zero-order chi connectivity index (χ0) is 16.9. The summed E-state index contributed by atoms with van der Waals surface area (Å²) in [6.45, 7) is 2.00. The summed E-state index contributed by atoms with van der Waals surface area (Å²) < 4.78 is 41.6. The molecular formula is C14H13F3N4OS. The molecule has 23 heavy (non-hydrogen) atoms. The minimum atomic E-state index is -4.50. The third-order valence-corrected chi connectivity index (χ3v) is 3.57. The van der Waals surface area contributed by atoms with Gasteiger partial charge >= 0.3 is 6.18 Å². The molecule has 0 spiro atoms. The number of nitrogens with one attached hydrogen (secondary N) is 1. The molecule has 0 saturated heterocycles. The van der Waals surface area contributed by atoms with Gasteiger partial charge in [-0.1, -0.05) is 23.9 Å². The van der Waals surface area contributed by atoms with E-state index in [0.717, 1.165) is 42.2 Å². The number of aryl methyl sites for hydroxylation is 1. The zero-order valence-electron chi connectivity index (χ0n) is 12.1. The first-order valence-corrected chi connectivity index (χ1v) is 7.51. The lowest BCUT2D eigenvalue weighted by atomic mass is 10.1. The SMILES string of the molecule is CCCc1nnsc1C=NNC(=O)c1cccc(C(F)(F)F)c1. The predicted molar refractivity (Wildman–Crippen MR) is 80.4 cm³/mol. The predicted octanol–water partition coefficient (Wildman–Crippen LogP) is 3.27. The van der Waals surface area contributed by atoms with E-state index in [1.165, 1.54) is 18.3 Å². The Balaban J connectivity index is 2.05. The van der Waals surface area contributed by atoms with Crippen molar-refractivity contribution in [1.29, 1.82) is 0 Å². The standard InChI is InChI=1S/C14H13F3N4OS/c1-2-4-11-12(23-21-19-11)8-18-20-13(22)9-5-3-6-10(7-9)14(15,16)17/h3,5-8H,2,4H2,1H3,(H,20,22). The Morgan fingerprint density at radius 2 is 2.22 bits per heavy atom. The number of carbonyl (C=O) groups excluding carboxylic acids is 1. The van der Waals surface area contributed by atoms with E-state index in [4.69, 9.17) is 0 Å². The molecule has 0 aliphatic carbocycles. The van der Waals surface area contributed by atoms with E-state index in [2.05, 4.69) is 20.1 Å². The molecule has 9 heteroatoms. The topological polar surface area (TPSA) is 67.2 Å². The molecule has 1 N–H and O–H groups in total. The second-order valence-electron chi connectivity index (χ2n) is 4.61. The van der Waals surface area contributed by atoms with Crippen LogP contribution < -0.4 is 5.43 Å². The molecule has 0 unspecified atom stereocenters. The van der Waals surface area contributed by atoms with Crippen LogP contribution >= 0.6 is 11.5 Å². The number of amides is 1. The number of carbonyl (C=O) groups is 1. The van der Waals surface area contributed by atoms with Crippen molar-refractivity contribution in [2.45, 2.75) is 25.9 Å². The molecule has 0 bridgehead atoms. The lowest BCUT2D eigenvalue weighted by Gasteiger charge is -2.07. The monoisotopic (exact) mass is 342 g/mol. The van der Waals surface area contributed by atoms with Crippen LogP contribution in [-0.2, 0) is 12.6 Å². The summed E-state index contributed by atoms with van der Waals surface area (Å²) in [6, 6.07) is 4.15. The molecule has 0 radical (unpaired) electrons. The van der Waals surface area contributed by atoms with Crippen LogP contribution in [0, 0.1) is 0 Å². The van der Waals surface area contributed by atoms with E-state index in [0.29, 0.717) is 4.88 Å². The largest absolute Gasteiger partial charge is 0.416 e. The molecule has 1 aromatic carbocycles. The minimum Gasteiger partial charge on any atom is -0.267 e. The lowest BCUT2D eigenvalue weighted by Crippen LogP contribution is -2.18. The maximum Gasteiger partial charge on any atom is 0.416 e. The zero-order valence-corrected chi connectivity index (χ0v) is 12.9. The molecule has 122 valence electrons. The number of nitrogens with zero attached hydrogens (tertiary/aromatic N) is 3. The van der Waals surface area contributed by atoms with Crippen molar-refractivity contribution in [3.05, 3.63) is 46.0 Å². The van der Waals surface area contributed by atoms with Gasteiger partial charge in [-0.25, -0.2) is 5.43 Å². The molecule has 0 saturated carbocycles. The second-order valence-corrected chi connectivity index (χ2v) is 5.40. The summed E-state index contributed by atoms with van der Waals surface area (Å²) in [5, 5.41) is 7.69. The summed E-state index contributed by atoms with van der Waals surface area (Å²) in [5.74, 6) is -0.720. The summed E-state index contributed by atoms with van der Waals surface area (Å²) in [6.07, 6.45) is -1.48. The quantitative estimate of drug-likeness (QED) is 0.670. The number of hydrazone groups is 1. The van der Waals surface area contributed by atoms with E-state index in [1.807, 2.05) is 6.92 Å². The normalized spacial score (nSPS) is 11.8. The fourth-order valence-electron chi connectivity index (χ4n) is 1.77. The van der Waals surface area contributed by atoms with Gasteiger partial charge in [0.1, 0.15) is 0 Å². The van der Waals surface area contributed by atoms with E-state index < -0.39 is 17.6 Å². The van der Waals surface area contributed by atoms with Crippen LogP contribution in [0.3, 0.4) is 0 Å². The van der Waals surface area contributed by atoms with Crippen molar-refractivity contribution in [2.75, 3.05) is 0 Å². The minimum absolute atomic E-state index is 0.117. The van der Waals surface area contributed by atoms with Crippen LogP contribution in [0.15, 0.2) is 29.4 Å². The summed E-state index contributed by atoms with van der Waals surface area (Å²) in [4.78, 5) is 12.5. The number of aromatic nitrogens is 2. The third kappa shape index (κ3) is 4.59. The Hall–Kier alpha value is -2.29. The molecule has 0 aliphatic rings. The maximum atomic E-state index is 12.6. The van der Waals surface area contributed by atoms with Crippen LogP contribution in [0.4, 0.5) is 13.2 Å². The number of halogens is 3. The highest BCUT2D eigenvalue weighted by Crippen LogP contribution is 2.29. The van der Waals surface area contributed by atoms with Gasteiger partial charge in [0.05, 0.1) is 22.3 Å². The molecule has 1 aromatic heterocycles. The molecule has 0 fully saturated rings. The molecule has 1 heterocycles. The maximum absolute atomic E-state index is 12.6. The van der Waals surface area contributed by atoms with Crippen molar-refractivity contribution >= 4 is 23.7 Å². The number of benzene rings is 1. The van der Waals surface area contributed by atoms with E-state index in [-0.39, 0.29) is 5.56 Å². The van der Waals surface area contributed by atoms with Crippen molar-refractivity contribution < 1.29 is 18.0 Å². The van der Waals surface area contributed by atoms with Crippen molar-refractivity contribution in [1.82, 2.24) is 15.0 Å². The van der Waals surface area contributed by atoms with Crippen molar-refractivity contribution in [2.24, 2.45) is 5.10 Å². The lowest BCUT2D eigenvalue weighted by molar-refractivity contribution is -0.137. The smallest absolute Gasteiger partial charge is 0.267 e. The number of hydrogen-bond donors (Lipinski definition) is 1. The Bertz CT molecular complexity index is 712. The first kappa shape index (κ1) is 17.1. The fourth-order valence-corrected chi connectivity index (χ4v) is 2.35. The molecule has 5 nitrogen and oxygen atoms in total. The van der Waals surface area contributed by atoms with Gasteiger partial charge in [0.25, 0.3) is 5.91 Å². The Morgan fingerprint density at radius 1 is 1.43 bits per heavy atom. The number of hydrogen-bond acceptors (Lipinski definition) is 5. The van der Waals surface area contributed by atoms with Gasteiger partial charge < -0.3 is 0 Å². The molecule has 1 amide bonds. The fraction of sp³-hybridized carbons (Fsp3) is 0.286. The molecule has 0 atom stereocenters. The first-order valence-electron chi connectivity index (χ1n) is 6.73. The average Bonchev–Trinajstić information content (AvgIpc) is 2.94. The Morgan fingerprint density at radius 3 is 2.91 bits per heavy atom. The third-order valence-electron chi connectivity index (χ3n) is 2.87. The number of alkyl halides is 3. The van der Waals surface area contributed by atoms with Gasteiger partial charge in [-0.05, 0) is 36.2 Å². The Kier molecular flexibility index (Phi) is 5.43. The second kappa shape index (κ2) is 7.32. The highest BCUT2D eigenvalue weighted by atomic mass is 32.1. The molecule has 0 aliphatic heterocycles. The van der Waals surface area contributed by atoms with E-state index >= 15 is 0 Å². The van der Waals surface area contributed by atoms with Gasteiger partial charge in [-0.3, -0.25) is 4.79 Å². The molecule has 2 aromatic rings. The van der Waals surface area contributed by atoms with E-state index in [9.17, 15) is 18.0 Å². The van der Waals surface area contributed by atoms with Gasteiger partial charge in [0.15, 0.2) is 0 Å². The van der Waals surface area contributed by atoms with Gasteiger partial charge in [-0.2, -0.15) is 18.3 Å². The van der Waals surface area contributed by atoms with E-state index in [1.54, 1.807) is 0 Å². The van der Waals surface area contributed by atoms with Gasteiger partial charge in [-0.15, -0.1) is 5.10 Å². The average molecular weight is 342 g/mol. The summed E-state index contributed by atoms with van der Waals surface area (Å²) >= 11 is 1.13. The molecular weight excluding hydrogens is 329 g/mol. The van der Waals surface area contributed by atoms with Crippen molar-refractivity contribution in [3.63, 3.8) is 0 Å².